The summed E-state index contributed by atoms with van der Waals surface area (Å²) in [5.74, 6) is 0.493. The van der Waals surface area contributed by atoms with Crippen molar-refractivity contribution < 1.29 is 0 Å². The first-order valence-corrected chi connectivity index (χ1v) is 9.34. The molecule has 0 heteroatoms. The Labute approximate surface area is 156 Å². The number of aryl methyl sites for hydroxylation is 1. The molecule has 0 nitrogen and oxygen atoms in total. The molecule has 0 N–H and O–H groups in total. The first kappa shape index (κ1) is 16.6. The summed E-state index contributed by atoms with van der Waals surface area (Å²) < 4.78 is 0. The molecule has 26 heavy (non-hydrogen) atoms. The SMILES string of the molecule is Cc1ccc(-c2ccc([C@H](C)Cc3cccc4ccccc34)cc2)cc1. The van der Waals surface area contributed by atoms with Crippen LogP contribution in [0.25, 0.3) is 21.9 Å². The molecule has 0 bridgehead atoms. The van der Waals surface area contributed by atoms with E-state index in [0.717, 1.165) is 6.42 Å². The smallest absolute Gasteiger partial charge is 0.0150 e. The second-order valence-corrected chi connectivity index (χ2v) is 7.23. The van der Waals surface area contributed by atoms with Gasteiger partial charge in [-0.05, 0) is 52.3 Å². The van der Waals surface area contributed by atoms with E-state index in [2.05, 4.69) is 105 Å². The Morgan fingerprint density at radius 3 is 2.00 bits per heavy atom. The van der Waals surface area contributed by atoms with Gasteiger partial charge >= 0.3 is 0 Å². The minimum absolute atomic E-state index is 0.493. The molecule has 0 aliphatic carbocycles. The predicted octanol–water partition coefficient (Wildman–Crippen LogP) is 7.16. The van der Waals surface area contributed by atoms with Gasteiger partial charge in [-0.25, -0.2) is 0 Å². The summed E-state index contributed by atoms with van der Waals surface area (Å²) >= 11 is 0. The van der Waals surface area contributed by atoms with Crippen molar-refractivity contribution in [1.82, 2.24) is 0 Å². The van der Waals surface area contributed by atoms with Gasteiger partial charge in [0.15, 0.2) is 0 Å². The Morgan fingerprint density at radius 2 is 1.27 bits per heavy atom. The van der Waals surface area contributed by atoms with Crippen LogP contribution in [0, 0.1) is 6.92 Å². The van der Waals surface area contributed by atoms with Crippen LogP contribution in [0.3, 0.4) is 0 Å². The van der Waals surface area contributed by atoms with Crippen molar-refractivity contribution in [3.8, 4) is 11.1 Å². The van der Waals surface area contributed by atoms with E-state index in [1.807, 2.05) is 0 Å². The van der Waals surface area contributed by atoms with Crippen LogP contribution in [0.1, 0.15) is 29.5 Å². The Balaban J connectivity index is 1.56. The van der Waals surface area contributed by atoms with Crippen molar-refractivity contribution in [3.63, 3.8) is 0 Å². The molecule has 0 radical (unpaired) electrons. The largest absolute Gasteiger partial charge is 0.0616 e. The highest BCUT2D eigenvalue weighted by molar-refractivity contribution is 5.85. The Bertz CT molecular complexity index is 1000. The first-order chi connectivity index (χ1) is 12.7. The van der Waals surface area contributed by atoms with E-state index < -0.39 is 0 Å². The van der Waals surface area contributed by atoms with Gasteiger partial charge in [0.25, 0.3) is 0 Å². The van der Waals surface area contributed by atoms with Crippen LogP contribution in [-0.4, -0.2) is 0 Å². The zero-order valence-electron chi connectivity index (χ0n) is 15.4. The fourth-order valence-electron chi connectivity index (χ4n) is 3.67. The molecule has 0 unspecified atom stereocenters. The molecule has 0 aliphatic heterocycles. The maximum Gasteiger partial charge on any atom is -0.0150 e. The van der Waals surface area contributed by atoms with Gasteiger partial charge in [0.05, 0.1) is 0 Å². The van der Waals surface area contributed by atoms with Gasteiger partial charge < -0.3 is 0 Å². The van der Waals surface area contributed by atoms with Crippen molar-refractivity contribution in [2.45, 2.75) is 26.2 Å². The maximum absolute atomic E-state index is 2.32. The number of hydrogen-bond donors (Lipinski definition) is 0. The van der Waals surface area contributed by atoms with E-state index >= 15 is 0 Å². The van der Waals surface area contributed by atoms with Crippen molar-refractivity contribution in [1.29, 1.82) is 0 Å². The zero-order chi connectivity index (χ0) is 17.9. The van der Waals surface area contributed by atoms with Gasteiger partial charge in [-0.3, -0.25) is 0 Å². The lowest BCUT2D eigenvalue weighted by Crippen LogP contribution is -1.99. The molecule has 0 aromatic heterocycles. The molecule has 0 aliphatic rings. The lowest BCUT2D eigenvalue weighted by atomic mass is 9.90. The number of hydrogen-bond acceptors (Lipinski definition) is 0. The lowest BCUT2D eigenvalue weighted by molar-refractivity contribution is 0.763. The second kappa shape index (κ2) is 7.17. The van der Waals surface area contributed by atoms with Gasteiger partial charge in [-0.15, -0.1) is 0 Å². The molecule has 4 rings (SSSR count). The topological polar surface area (TPSA) is 0 Å². The highest BCUT2D eigenvalue weighted by atomic mass is 14.1. The van der Waals surface area contributed by atoms with Crippen molar-refractivity contribution in [2.75, 3.05) is 0 Å². The van der Waals surface area contributed by atoms with Crippen molar-refractivity contribution >= 4 is 10.8 Å². The Hall–Kier alpha value is -2.86. The third-order valence-electron chi connectivity index (χ3n) is 5.27. The Kier molecular flexibility index (Phi) is 4.58. The normalized spacial score (nSPS) is 12.2. The van der Waals surface area contributed by atoms with E-state index in [1.165, 1.54) is 38.6 Å². The summed E-state index contributed by atoms with van der Waals surface area (Å²) in [6.45, 7) is 4.45. The molecule has 0 spiro atoms. The highest BCUT2D eigenvalue weighted by Gasteiger charge is 2.09. The summed E-state index contributed by atoms with van der Waals surface area (Å²) in [5, 5.41) is 2.70. The first-order valence-electron chi connectivity index (χ1n) is 9.34. The molecule has 4 aromatic rings. The molecule has 0 heterocycles. The van der Waals surface area contributed by atoms with Gasteiger partial charge in [0.2, 0.25) is 0 Å². The average Bonchev–Trinajstić information content (AvgIpc) is 2.69. The standard InChI is InChI=1S/C26H24/c1-19-10-12-22(13-11-19)23-16-14-21(15-17-23)20(2)18-25-8-5-7-24-6-3-4-9-26(24)25/h3-17,20H,18H2,1-2H3/t20-/m1/s1. The fourth-order valence-corrected chi connectivity index (χ4v) is 3.67. The minimum atomic E-state index is 0.493. The lowest BCUT2D eigenvalue weighted by Gasteiger charge is -2.15. The van der Waals surface area contributed by atoms with Crippen LogP contribution >= 0.6 is 0 Å². The summed E-state index contributed by atoms with van der Waals surface area (Å²) in [4.78, 5) is 0. The quantitative estimate of drug-likeness (QED) is 0.371. The second-order valence-electron chi connectivity index (χ2n) is 7.23. The summed E-state index contributed by atoms with van der Waals surface area (Å²) in [6.07, 6.45) is 1.06. The average molecular weight is 336 g/mol. The number of rotatable bonds is 4. The summed E-state index contributed by atoms with van der Waals surface area (Å²) in [7, 11) is 0. The molecule has 128 valence electrons. The number of fused-ring (bicyclic) bond motifs is 1. The van der Waals surface area contributed by atoms with Crippen LogP contribution < -0.4 is 0 Å². The third-order valence-corrected chi connectivity index (χ3v) is 5.27. The summed E-state index contributed by atoms with van der Waals surface area (Å²) in [6, 6.07) is 33.1. The monoisotopic (exact) mass is 336 g/mol. The van der Waals surface area contributed by atoms with E-state index in [0.29, 0.717) is 5.92 Å². The van der Waals surface area contributed by atoms with Gasteiger partial charge in [0, 0.05) is 0 Å². The van der Waals surface area contributed by atoms with Gasteiger partial charge in [-0.1, -0.05) is 103 Å². The van der Waals surface area contributed by atoms with Crippen LogP contribution in [-0.2, 0) is 6.42 Å². The molecule has 4 aromatic carbocycles. The van der Waals surface area contributed by atoms with Crippen LogP contribution in [0.5, 0.6) is 0 Å². The predicted molar refractivity (Wildman–Crippen MR) is 113 cm³/mol. The molecule has 0 saturated carbocycles. The van der Waals surface area contributed by atoms with E-state index in [-0.39, 0.29) is 0 Å². The molecule has 0 fully saturated rings. The maximum atomic E-state index is 2.32. The molecule has 0 saturated heterocycles. The van der Waals surface area contributed by atoms with Crippen LogP contribution in [0.15, 0.2) is 91.0 Å². The fraction of sp³-hybridized carbons (Fsp3) is 0.154. The molecular weight excluding hydrogens is 312 g/mol. The van der Waals surface area contributed by atoms with Crippen LogP contribution in [0.4, 0.5) is 0 Å². The Morgan fingerprint density at radius 1 is 0.654 bits per heavy atom. The van der Waals surface area contributed by atoms with Crippen LogP contribution in [0.2, 0.25) is 0 Å². The van der Waals surface area contributed by atoms with Gasteiger partial charge in [0.1, 0.15) is 0 Å². The number of benzene rings is 4. The van der Waals surface area contributed by atoms with Crippen molar-refractivity contribution in [3.05, 3.63) is 108 Å². The highest BCUT2D eigenvalue weighted by Crippen LogP contribution is 2.28. The molecule has 1 atom stereocenters. The zero-order valence-corrected chi connectivity index (χ0v) is 15.4. The van der Waals surface area contributed by atoms with Gasteiger partial charge in [-0.2, -0.15) is 0 Å². The van der Waals surface area contributed by atoms with Crippen molar-refractivity contribution in [2.24, 2.45) is 0 Å². The third kappa shape index (κ3) is 3.41. The summed E-state index contributed by atoms with van der Waals surface area (Å²) in [5.41, 5.74) is 6.69. The van der Waals surface area contributed by atoms with E-state index in [1.54, 1.807) is 0 Å². The minimum Gasteiger partial charge on any atom is -0.0616 e. The van der Waals surface area contributed by atoms with E-state index in [4.69, 9.17) is 0 Å². The van der Waals surface area contributed by atoms with E-state index in [9.17, 15) is 0 Å². The molecule has 0 amide bonds. The molecular formula is C26H24.